The molecule has 0 aliphatic heterocycles. The maximum absolute atomic E-state index is 11.0. The molecule has 2 aromatic carbocycles. The van der Waals surface area contributed by atoms with Crippen molar-refractivity contribution in [1.29, 1.82) is 0 Å². The van der Waals surface area contributed by atoms with Crippen LogP contribution in [0.15, 0.2) is 48.5 Å². The molecule has 0 saturated heterocycles. The lowest BCUT2D eigenvalue weighted by atomic mass is 10.0. The Morgan fingerprint density at radius 1 is 0.893 bits per heavy atom. The lowest BCUT2D eigenvalue weighted by Crippen LogP contribution is -2.30. The number of hydrogen-bond acceptors (Lipinski definition) is 3. The van der Waals surface area contributed by atoms with E-state index in [9.17, 15) is 4.79 Å². The van der Waals surface area contributed by atoms with Crippen LogP contribution in [0.2, 0.25) is 19.6 Å². The quantitative estimate of drug-likeness (QED) is 0.195. The van der Waals surface area contributed by atoms with Gasteiger partial charge in [-0.1, -0.05) is 49.2 Å². The van der Waals surface area contributed by atoms with Crippen LogP contribution < -0.4 is 4.74 Å². The first-order valence-electron chi connectivity index (χ1n) is 10.3. The van der Waals surface area contributed by atoms with Gasteiger partial charge >= 0.3 is 5.97 Å². The van der Waals surface area contributed by atoms with E-state index in [4.69, 9.17) is 9.16 Å². The molecular weight excluding hydrogens is 364 g/mol. The summed E-state index contributed by atoms with van der Waals surface area (Å²) in [6, 6.07) is 16.4. The molecule has 0 aliphatic carbocycles. The average molecular weight is 399 g/mol. The maximum atomic E-state index is 11.0. The summed E-state index contributed by atoms with van der Waals surface area (Å²) in [5.74, 6) is 0.285. The second kappa shape index (κ2) is 10.6. The highest BCUT2D eigenvalue weighted by Crippen LogP contribution is 2.23. The van der Waals surface area contributed by atoms with E-state index in [0.717, 1.165) is 18.4 Å². The van der Waals surface area contributed by atoms with Crippen LogP contribution in [-0.4, -0.2) is 20.4 Å². The second-order valence-electron chi connectivity index (χ2n) is 8.46. The third kappa shape index (κ3) is 8.40. The zero-order valence-corrected chi connectivity index (χ0v) is 19.0. The number of esters is 1. The second-order valence-corrected chi connectivity index (χ2v) is 12.9. The predicted octanol–water partition coefficient (Wildman–Crippen LogP) is 6.62. The minimum absolute atomic E-state index is 0.296. The van der Waals surface area contributed by atoms with Gasteiger partial charge in [0.25, 0.3) is 0 Å². The first-order valence-corrected chi connectivity index (χ1v) is 13.7. The molecule has 0 spiro atoms. The van der Waals surface area contributed by atoms with Gasteiger partial charge in [-0.3, -0.25) is 4.79 Å². The van der Waals surface area contributed by atoms with E-state index in [1.165, 1.54) is 37.3 Å². The number of rotatable bonds is 10. The molecule has 3 nitrogen and oxygen atoms in total. The molecule has 1 unspecified atom stereocenters. The zero-order chi connectivity index (χ0) is 20.6. The molecule has 0 bridgehead atoms. The van der Waals surface area contributed by atoms with Gasteiger partial charge in [0.05, 0.1) is 0 Å². The molecule has 0 amide bonds. The van der Waals surface area contributed by atoms with E-state index in [1.807, 2.05) is 24.3 Å². The smallest absolute Gasteiger partial charge is 0.308 e. The third-order valence-electron chi connectivity index (χ3n) is 4.53. The first kappa shape index (κ1) is 22.4. The van der Waals surface area contributed by atoms with Crippen LogP contribution in [0.3, 0.4) is 0 Å². The van der Waals surface area contributed by atoms with Crippen molar-refractivity contribution in [2.24, 2.45) is 0 Å². The highest BCUT2D eigenvalue weighted by molar-refractivity contribution is 6.69. The molecule has 152 valence electrons. The van der Waals surface area contributed by atoms with E-state index >= 15 is 0 Å². The predicted molar refractivity (Wildman–Crippen MR) is 119 cm³/mol. The van der Waals surface area contributed by atoms with Crippen molar-refractivity contribution in [3.63, 3.8) is 0 Å². The van der Waals surface area contributed by atoms with Gasteiger partial charge in [-0.25, -0.2) is 0 Å². The van der Waals surface area contributed by atoms with Crippen LogP contribution >= 0.6 is 0 Å². The van der Waals surface area contributed by atoms with Gasteiger partial charge in [0.1, 0.15) is 5.75 Å². The topological polar surface area (TPSA) is 35.5 Å². The van der Waals surface area contributed by atoms with Gasteiger partial charge in [-0.05, 0) is 74.7 Å². The Balaban J connectivity index is 1.74. The molecule has 0 heterocycles. The summed E-state index contributed by atoms with van der Waals surface area (Å²) >= 11 is 0. The Hall–Kier alpha value is -1.91. The number of hydrogen-bond donors (Lipinski definition) is 0. The van der Waals surface area contributed by atoms with Crippen molar-refractivity contribution in [3.8, 4) is 16.9 Å². The molecule has 0 saturated carbocycles. The number of ether oxygens (including phenoxy) is 1. The monoisotopic (exact) mass is 398 g/mol. The fraction of sp³-hybridized carbons (Fsp3) is 0.458. The van der Waals surface area contributed by atoms with Crippen molar-refractivity contribution in [1.82, 2.24) is 0 Å². The number of carbonyl (C=O) groups excluding carboxylic acids is 1. The van der Waals surface area contributed by atoms with Crippen molar-refractivity contribution < 1.29 is 14.0 Å². The minimum atomic E-state index is -1.41. The van der Waals surface area contributed by atoms with Crippen LogP contribution in [0.5, 0.6) is 5.75 Å². The molecule has 4 heteroatoms. The van der Waals surface area contributed by atoms with E-state index in [0.29, 0.717) is 11.9 Å². The molecule has 0 fully saturated rings. The number of benzene rings is 2. The average Bonchev–Trinajstić information content (AvgIpc) is 2.61. The largest absolute Gasteiger partial charge is 0.427 e. The molecule has 2 aromatic rings. The standard InChI is InChI=1S/C24H34O3Si/c1-19(27-28(3,4)5)9-7-6-8-10-21-11-13-22(14-12-21)23-15-17-24(18-16-23)26-20(2)25/h11-19H,6-10H2,1-5H3. The highest BCUT2D eigenvalue weighted by Gasteiger charge is 2.17. The van der Waals surface area contributed by atoms with Crippen LogP contribution in [-0.2, 0) is 15.6 Å². The summed E-state index contributed by atoms with van der Waals surface area (Å²) in [4.78, 5) is 11.0. The Labute approximate surface area is 171 Å². The number of unbranched alkanes of at least 4 members (excludes halogenated alkanes) is 2. The van der Waals surface area contributed by atoms with Gasteiger partial charge < -0.3 is 9.16 Å². The highest BCUT2D eigenvalue weighted by atomic mass is 28.4. The van der Waals surface area contributed by atoms with Gasteiger partial charge in [0.15, 0.2) is 8.32 Å². The maximum Gasteiger partial charge on any atom is 0.308 e. The molecular formula is C24H34O3Si. The Bertz CT molecular complexity index is 730. The van der Waals surface area contributed by atoms with Crippen molar-refractivity contribution in [2.45, 2.75) is 71.7 Å². The molecule has 0 aliphatic rings. The van der Waals surface area contributed by atoms with E-state index in [1.54, 1.807) is 0 Å². The molecule has 0 radical (unpaired) electrons. The lowest BCUT2D eigenvalue weighted by Gasteiger charge is -2.23. The Kier molecular flexibility index (Phi) is 8.46. The van der Waals surface area contributed by atoms with Crippen LogP contribution in [0.1, 0.15) is 45.1 Å². The van der Waals surface area contributed by atoms with Gasteiger partial charge in [-0.2, -0.15) is 0 Å². The molecule has 2 rings (SSSR count). The molecule has 0 aromatic heterocycles. The third-order valence-corrected chi connectivity index (χ3v) is 5.64. The summed E-state index contributed by atoms with van der Waals surface area (Å²) in [7, 11) is -1.41. The molecule has 0 N–H and O–H groups in total. The van der Waals surface area contributed by atoms with E-state index < -0.39 is 8.32 Å². The lowest BCUT2D eigenvalue weighted by molar-refractivity contribution is -0.131. The van der Waals surface area contributed by atoms with Crippen molar-refractivity contribution in [3.05, 3.63) is 54.1 Å². The molecule has 28 heavy (non-hydrogen) atoms. The summed E-state index contributed by atoms with van der Waals surface area (Å²) in [5.41, 5.74) is 3.68. The fourth-order valence-electron chi connectivity index (χ4n) is 3.35. The van der Waals surface area contributed by atoms with Gasteiger partial charge in [0.2, 0.25) is 0 Å². The van der Waals surface area contributed by atoms with E-state index in [2.05, 4.69) is 50.8 Å². The van der Waals surface area contributed by atoms with Crippen LogP contribution in [0, 0.1) is 0 Å². The van der Waals surface area contributed by atoms with Crippen molar-refractivity contribution >= 4 is 14.3 Å². The summed E-state index contributed by atoms with van der Waals surface area (Å²) in [5, 5.41) is 0. The Morgan fingerprint density at radius 2 is 1.46 bits per heavy atom. The fourth-order valence-corrected chi connectivity index (χ4v) is 4.67. The SMILES string of the molecule is CC(=O)Oc1ccc(-c2ccc(CCCCCC(C)O[Si](C)(C)C)cc2)cc1. The molecule has 1 atom stereocenters. The summed E-state index contributed by atoms with van der Waals surface area (Å²) in [6.07, 6.45) is 6.37. The van der Waals surface area contributed by atoms with E-state index in [-0.39, 0.29) is 5.97 Å². The summed E-state index contributed by atoms with van der Waals surface area (Å²) in [6.45, 7) is 10.4. The number of aryl methyl sites for hydroxylation is 1. The Morgan fingerprint density at radius 3 is 2.00 bits per heavy atom. The minimum Gasteiger partial charge on any atom is -0.427 e. The summed E-state index contributed by atoms with van der Waals surface area (Å²) < 4.78 is 11.2. The van der Waals surface area contributed by atoms with Crippen LogP contribution in [0.4, 0.5) is 0 Å². The van der Waals surface area contributed by atoms with Crippen LogP contribution in [0.25, 0.3) is 11.1 Å². The number of carbonyl (C=O) groups is 1. The van der Waals surface area contributed by atoms with Gasteiger partial charge in [-0.15, -0.1) is 0 Å². The normalized spacial score (nSPS) is 12.6. The van der Waals surface area contributed by atoms with Crippen molar-refractivity contribution in [2.75, 3.05) is 0 Å². The van der Waals surface area contributed by atoms with Gasteiger partial charge in [0, 0.05) is 13.0 Å². The first-order chi connectivity index (χ1) is 13.2. The zero-order valence-electron chi connectivity index (χ0n) is 18.0.